The number of nitrogens with one attached hydrogen (secondary N) is 1. The Balaban J connectivity index is 2.06. The fraction of sp³-hybridized carbons (Fsp3) is 0.182. The smallest absolute Gasteiger partial charge is 0.255 e. The number of nitrogen functional groups attached to an aromatic ring is 1. The van der Waals surface area contributed by atoms with Crippen molar-refractivity contribution in [1.82, 2.24) is 15.5 Å². The van der Waals surface area contributed by atoms with Crippen LogP contribution in [0.15, 0.2) is 22.7 Å². The molecule has 18 heavy (non-hydrogen) atoms. The molecule has 0 spiro atoms. The van der Waals surface area contributed by atoms with Crippen molar-refractivity contribution >= 4 is 11.6 Å². The number of anilines is 1. The number of hydrogen-bond acceptors (Lipinski definition) is 6. The molecule has 2 rings (SSSR count). The molecule has 0 fully saturated rings. The Labute approximate surface area is 103 Å². The van der Waals surface area contributed by atoms with E-state index in [9.17, 15) is 9.90 Å². The molecular weight excluding hydrogens is 236 g/mol. The Kier molecular flexibility index (Phi) is 3.13. The molecule has 2 aromatic rings. The van der Waals surface area contributed by atoms with Gasteiger partial charge in [-0.2, -0.15) is 4.98 Å². The molecule has 0 bridgehead atoms. The maximum Gasteiger partial charge on any atom is 0.255 e. The summed E-state index contributed by atoms with van der Waals surface area (Å²) in [5.74, 6) is 0.0858. The van der Waals surface area contributed by atoms with Gasteiger partial charge in [-0.05, 0) is 19.1 Å². The average Bonchev–Trinajstić information content (AvgIpc) is 2.76. The molecule has 0 saturated carbocycles. The molecule has 7 heteroatoms. The SMILES string of the molecule is Cc1noc(CNC(=O)c2cccc(N)c2O)n1. The zero-order chi connectivity index (χ0) is 13.1. The number of phenols is 1. The fourth-order valence-electron chi connectivity index (χ4n) is 1.41. The number of aromatic nitrogens is 2. The van der Waals surface area contributed by atoms with Crippen LogP contribution < -0.4 is 11.1 Å². The third kappa shape index (κ3) is 2.40. The van der Waals surface area contributed by atoms with Gasteiger partial charge in [-0.25, -0.2) is 0 Å². The van der Waals surface area contributed by atoms with E-state index in [0.29, 0.717) is 11.7 Å². The van der Waals surface area contributed by atoms with Gasteiger partial charge in [0.15, 0.2) is 11.6 Å². The van der Waals surface area contributed by atoms with E-state index in [0.717, 1.165) is 0 Å². The predicted octanol–water partition coefficient (Wildman–Crippen LogP) is 0.596. The maximum absolute atomic E-state index is 11.8. The third-order valence-corrected chi connectivity index (χ3v) is 2.28. The number of nitrogens with two attached hydrogens (primary N) is 1. The number of rotatable bonds is 3. The van der Waals surface area contributed by atoms with Gasteiger partial charge in [-0.1, -0.05) is 11.2 Å². The van der Waals surface area contributed by atoms with E-state index >= 15 is 0 Å². The number of carbonyl (C=O) groups is 1. The number of aryl methyl sites for hydroxylation is 1. The maximum atomic E-state index is 11.8. The summed E-state index contributed by atoms with van der Waals surface area (Å²) in [6.07, 6.45) is 0. The van der Waals surface area contributed by atoms with Gasteiger partial charge in [0.2, 0.25) is 5.89 Å². The molecule has 0 saturated heterocycles. The lowest BCUT2D eigenvalue weighted by Crippen LogP contribution is -2.23. The van der Waals surface area contributed by atoms with Crippen LogP contribution in [-0.4, -0.2) is 21.2 Å². The zero-order valence-corrected chi connectivity index (χ0v) is 9.67. The van der Waals surface area contributed by atoms with Crippen molar-refractivity contribution in [1.29, 1.82) is 0 Å². The van der Waals surface area contributed by atoms with Crippen LogP contribution in [0, 0.1) is 6.92 Å². The first-order chi connectivity index (χ1) is 8.58. The first kappa shape index (κ1) is 11.9. The molecule has 0 aliphatic rings. The summed E-state index contributed by atoms with van der Waals surface area (Å²) in [7, 11) is 0. The first-order valence-corrected chi connectivity index (χ1v) is 5.23. The topological polar surface area (TPSA) is 114 Å². The highest BCUT2D eigenvalue weighted by Gasteiger charge is 2.13. The summed E-state index contributed by atoms with van der Waals surface area (Å²) >= 11 is 0. The Bertz CT molecular complexity index is 579. The Morgan fingerprint density at radius 1 is 1.56 bits per heavy atom. The average molecular weight is 248 g/mol. The molecule has 0 unspecified atom stereocenters. The Hall–Kier alpha value is -2.57. The number of carbonyl (C=O) groups excluding carboxylic acids is 1. The second-order valence-electron chi connectivity index (χ2n) is 3.66. The number of benzene rings is 1. The van der Waals surface area contributed by atoms with E-state index in [-0.39, 0.29) is 23.5 Å². The molecular formula is C11H12N4O3. The van der Waals surface area contributed by atoms with Crippen molar-refractivity contribution in [3.63, 3.8) is 0 Å². The van der Waals surface area contributed by atoms with Gasteiger partial charge in [0.05, 0.1) is 17.8 Å². The van der Waals surface area contributed by atoms with Gasteiger partial charge in [-0.3, -0.25) is 4.79 Å². The summed E-state index contributed by atoms with van der Waals surface area (Å²) in [4.78, 5) is 15.7. The van der Waals surface area contributed by atoms with Gasteiger partial charge in [-0.15, -0.1) is 0 Å². The highest BCUT2D eigenvalue weighted by Crippen LogP contribution is 2.24. The molecule has 1 heterocycles. The number of para-hydroxylation sites is 1. The molecule has 94 valence electrons. The van der Waals surface area contributed by atoms with Gasteiger partial charge in [0, 0.05) is 0 Å². The Morgan fingerprint density at radius 3 is 3.00 bits per heavy atom. The number of amides is 1. The molecule has 1 aromatic heterocycles. The van der Waals surface area contributed by atoms with Gasteiger partial charge < -0.3 is 20.7 Å². The summed E-state index contributed by atoms with van der Waals surface area (Å²) in [6.45, 7) is 1.77. The molecule has 0 aliphatic carbocycles. The van der Waals surface area contributed by atoms with Crippen LogP contribution >= 0.6 is 0 Å². The van der Waals surface area contributed by atoms with E-state index in [1.165, 1.54) is 12.1 Å². The zero-order valence-electron chi connectivity index (χ0n) is 9.67. The number of nitrogens with zero attached hydrogens (tertiary/aromatic N) is 2. The summed E-state index contributed by atoms with van der Waals surface area (Å²) in [6, 6.07) is 4.56. The number of aromatic hydroxyl groups is 1. The minimum absolute atomic E-state index is 0.0912. The number of phenolic OH excluding ortho intramolecular Hbond substituents is 1. The first-order valence-electron chi connectivity index (χ1n) is 5.23. The lowest BCUT2D eigenvalue weighted by Gasteiger charge is -2.06. The standard InChI is InChI=1S/C11H12N4O3/c1-6-14-9(18-15-6)5-13-11(17)7-3-2-4-8(12)10(7)16/h2-4,16H,5,12H2,1H3,(H,13,17). The monoisotopic (exact) mass is 248 g/mol. The lowest BCUT2D eigenvalue weighted by molar-refractivity contribution is 0.0943. The second kappa shape index (κ2) is 4.74. The quantitative estimate of drug-likeness (QED) is 0.541. The van der Waals surface area contributed by atoms with Crippen LogP contribution in [-0.2, 0) is 6.54 Å². The molecule has 1 amide bonds. The van der Waals surface area contributed by atoms with Gasteiger partial charge in [0.25, 0.3) is 5.91 Å². The summed E-state index contributed by atoms with van der Waals surface area (Å²) < 4.78 is 4.84. The van der Waals surface area contributed by atoms with Crippen LogP contribution in [0.1, 0.15) is 22.1 Å². The van der Waals surface area contributed by atoms with Crippen LogP contribution in [0.5, 0.6) is 5.75 Å². The minimum Gasteiger partial charge on any atom is -0.505 e. The summed E-state index contributed by atoms with van der Waals surface area (Å²) in [5, 5.41) is 15.8. The second-order valence-corrected chi connectivity index (χ2v) is 3.66. The summed E-state index contributed by atoms with van der Waals surface area (Å²) in [5.41, 5.74) is 5.75. The van der Waals surface area contributed by atoms with E-state index < -0.39 is 5.91 Å². The number of hydrogen-bond donors (Lipinski definition) is 3. The largest absolute Gasteiger partial charge is 0.505 e. The van der Waals surface area contributed by atoms with E-state index in [1.54, 1.807) is 13.0 Å². The van der Waals surface area contributed by atoms with Crippen LogP contribution in [0.25, 0.3) is 0 Å². The molecule has 0 radical (unpaired) electrons. The van der Waals surface area contributed by atoms with E-state index in [4.69, 9.17) is 10.3 Å². The van der Waals surface area contributed by atoms with E-state index in [2.05, 4.69) is 15.5 Å². The van der Waals surface area contributed by atoms with Gasteiger partial charge >= 0.3 is 0 Å². The molecule has 4 N–H and O–H groups in total. The van der Waals surface area contributed by atoms with Crippen molar-refractivity contribution in [3.8, 4) is 5.75 Å². The molecule has 0 atom stereocenters. The van der Waals surface area contributed by atoms with Crippen LogP contribution in [0.4, 0.5) is 5.69 Å². The van der Waals surface area contributed by atoms with Crippen molar-refractivity contribution < 1.29 is 14.4 Å². The van der Waals surface area contributed by atoms with Crippen molar-refractivity contribution in [3.05, 3.63) is 35.5 Å². The molecule has 0 aliphatic heterocycles. The normalized spacial score (nSPS) is 10.3. The highest BCUT2D eigenvalue weighted by atomic mass is 16.5. The Morgan fingerprint density at radius 2 is 2.33 bits per heavy atom. The van der Waals surface area contributed by atoms with E-state index in [1.807, 2.05) is 0 Å². The lowest BCUT2D eigenvalue weighted by atomic mass is 10.1. The van der Waals surface area contributed by atoms with Gasteiger partial charge in [0.1, 0.15) is 0 Å². The minimum atomic E-state index is -0.462. The molecule has 7 nitrogen and oxygen atoms in total. The van der Waals surface area contributed by atoms with Crippen molar-refractivity contribution in [2.45, 2.75) is 13.5 Å². The van der Waals surface area contributed by atoms with Crippen molar-refractivity contribution in [2.75, 3.05) is 5.73 Å². The van der Waals surface area contributed by atoms with Crippen LogP contribution in [0.2, 0.25) is 0 Å². The van der Waals surface area contributed by atoms with Crippen molar-refractivity contribution in [2.24, 2.45) is 0 Å². The molecule has 1 aromatic carbocycles. The highest BCUT2D eigenvalue weighted by molar-refractivity contribution is 5.98. The predicted molar refractivity (Wildman–Crippen MR) is 62.7 cm³/mol. The van der Waals surface area contributed by atoms with Crippen LogP contribution in [0.3, 0.4) is 0 Å². The third-order valence-electron chi connectivity index (χ3n) is 2.28. The fourth-order valence-corrected chi connectivity index (χ4v) is 1.41.